The number of nitrogens with one attached hydrogen (secondary N) is 1. The van der Waals surface area contributed by atoms with Crippen LogP contribution in [0.15, 0.2) is 24.3 Å². The van der Waals surface area contributed by atoms with E-state index in [9.17, 15) is 14.4 Å². The number of piperidine rings is 1. The van der Waals surface area contributed by atoms with Gasteiger partial charge in [0, 0.05) is 56.1 Å². The summed E-state index contributed by atoms with van der Waals surface area (Å²) >= 11 is 0. The molecule has 2 aliphatic rings. The zero-order valence-corrected chi connectivity index (χ0v) is 19.8. The molecule has 4 rings (SSSR count). The van der Waals surface area contributed by atoms with Gasteiger partial charge >= 0.3 is 0 Å². The van der Waals surface area contributed by atoms with Crippen molar-refractivity contribution in [3.8, 4) is 0 Å². The van der Waals surface area contributed by atoms with Crippen LogP contribution in [-0.4, -0.2) is 52.0 Å². The van der Waals surface area contributed by atoms with Crippen molar-refractivity contribution in [1.29, 1.82) is 0 Å². The Bertz CT molecular complexity index is 1050. The summed E-state index contributed by atoms with van der Waals surface area (Å²) in [7, 11) is 0. The molecule has 1 aromatic carbocycles. The Hall–Kier alpha value is -3.16. The predicted molar refractivity (Wildman–Crippen MR) is 127 cm³/mol. The molecule has 3 amide bonds. The van der Waals surface area contributed by atoms with Crippen molar-refractivity contribution in [3.63, 3.8) is 0 Å². The Kier molecular flexibility index (Phi) is 6.81. The number of likely N-dealkylation sites (tertiary alicyclic amines) is 1. The molecule has 3 heterocycles. The second-order valence-corrected chi connectivity index (χ2v) is 9.05. The second-order valence-electron chi connectivity index (χ2n) is 9.05. The lowest BCUT2D eigenvalue weighted by Gasteiger charge is -2.32. The van der Waals surface area contributed by atoms with Crippen LogP contribution in [0.1, 0.15) is 60.8 Å². The first kappa shape index (κ1) is 23.0. The number of carbonyl (C=O) groups excluding carboxylic acids is 3. The molecule has 1 aromatic heterocycles. The molecule has 8 heteroatoms. The predicted octanol–water partition coefficient (Wildman–Crippen LogP) is 3.53. The Labute approximate surface area is 194 Å². The highest BCUT2D eigenvalue weighted by molar-refractivity contribution is 5.97. The fourth-order valence-electron chi connectivity index (χ4n) is 4.96. The molecule has 0 saturated carbocycles. The topological polar surface area (TPSA) is 87.5 Å². The van der Waals surface area contributed by atoms with Crippen LogP contribution in [0.3, 0.4) is 0 Å². The average Bonchev–Trinajstić information content (AvgIpc) is 3.35. The van der Waals surface area contributed by atoms with Gasteiger partial charge in [-0.25, -0.2) is 0 Å². The van der Waals surface area contributed by atoms with Crippen molar-refractivity contribution in [1.82, 2.24) is 14.7 Å². The fourth-order valence-corrected chi connectivity index (χ4v) is 4.96. The van der Waals surface area contributed by atoms with E-state index in [1.165, 1.54) is 0 Å². The van der Waals surface area contributed by atoms with Crippen molar-refractivity contribution in [3.05, 3.63) is 41.2 Å². The number of carbonyl (C=O) groups is 3. The minimum absolute atomic E-state index is 0.0272. The van der Waals surface area contributed by atoms with Crippen LogP contribution >= 0.6 is 0 Å². The first-order valence-corrected chi connectivity index (χ1v) is 11.9. The van der Waals surface area contributed by atoms with Gasteiger partial charge in [0.2, 0.25) is 11.8 Å². The van der Waals surface area contributed by atoms with Gasteiger partial charge in [0.15, 0.2) is 0 Å². The summed E-state index contributed by atoms with van der Waals surface area (Å²) in [5.74, 6) is 0.395. The number of hydrogen-bond donors (Lipinski definition) is 1. The Morgan fingerprint density at radius 2 is 1.91 bits per heavy atom. The molecule has 33 heavy (non-hydrogen) atoms. The normalized spacial score (nSPS) is 17.0. The molecule has 2 fully saturated rings. The van der Waals surface area contributed by atoms with Gasteiger partial charge in [-0.1, -0.05) is 6.07 Å². The zero-order chi connectivity index (χ0) is 23.5. The lowest BCUT2D eigenvalue weighted by Crippen LogP contribution is -2.39. The van der Waals surface area contributed by atoms with E-state index in [0.29, 0.717) is 37.2 Å². The molecule has 0 atom stereocenters. The van der Waals surface area contributed by atoms with Crippen LogP contribution < -0.4 is 10.2 Å². The smallest absolute Gasteiger partial charge is 0.257 e. The molecule has 0 aliphatic carbocycles. The van der Waals surface area contributed by atoms with Gasteiger partial charge < -0.3 is 15.1 Å². The van der Waals surface area contributed by atoms with E-state index < -0.39 is 0 Å². The van der Waals surface area contributed by atoms with Crippen molar-refractivity contribution < 1.29 is 14.4 Å². The standard InChI is InChI=1S/C25H33N5O3/c1-4-30-18(3)24(17(2)27-30)25(33)28-13-10-19(11-14-28)15-22(31)26-20-7-5-8-21(16-20)29-12-6-9-23(29)32/h5,7-8,16,19H,4,6,9-15H2,1-3H3,(H,26,31). The number of rotatable bonds is 6. The lowest BCUT2D eigenvalue weighted by molar-refractivity contribution is -0.118. The van der Waals surface area contributed by atoms with Crippen LogP contribution in [0.25, 0.3) is 0 Å². The van der Waals surface area contributed by atoms with Crippen LogP contribution in [0.4, 0.5) is 11.4 Å². The number of aryl methyl sites for hydroxylation is 2. The Morgan fingerprint density at radius 3 is 2.55 bits per heavy atom. The molecule has 2 saturated heterocycles. The maximum atomic E-state index is 13.1. The van der Waals surface area contributed by atoms with E-state index in [1.54, 1.807) is 4.90 Å². The summed E-state index contributed by atoms with van der Waals surface area (Å²) in [6, 6.07) is 7.48. The average molecular weight is 452 g/mol. The van der Waals surface area contributed by atoms with Crippen molar-refractivity contribution in [2.75, 3.05) is 29.9 Å². The number of aromatic nitrogens is 2. The van der Waals surface area contributed by atoms with Gasteiger partial charge in [-0.3, -0.25) is 19.1 Å². The minimum atomic E-state index is -0.0272. The first-order valence-electron chi connectivity index (χ1n) is 11.9. The highest BCUT2D eigenvalue weighted by Crippen LogP contribution is 2.26. The quantitative estimate of drug-likeness (QED) is 0.728. The van der Waals surface area contributed by atoms with E-state index in [1.807, 2.05) is 54.6 Å². The third-order valence-corrected chi connectivity index (χ3v) is 6.79. The summed E-state index contributed by atoms with van der Waals surface area (Å²) in [6.45, 7) is 8.63. The van der Waals surface area contributed by atoms with Gasteiger partial charge in [0.1, 0.15) is 0 Å². The van der Waals surface area contributed by atoms with Gasteiger partial charge in [-0.2, -0.15) is 5.10 Å². The maximum absolute atomic E-state index is 13.1. The summed E-state index contributed by atoms with van der Waals surface area (Å²) in [6.07, 6.45) is 3.50. The lowest BCUT2D eigenvalue weighted by atomic mass is 9.92. The van der Waals surface area contributed by atoms with Crippen LogP contribution in [-0.2, 0) is 16.1 Å². The largest absolute Gasteiger partial charge is 0.339 e. The van der Waals surface area contributed by atoms with Crippen molar-refractivity contribution in [2.45, 2.75) is 59.4 Å². The highest BCUT2D eigenvalue weighted by atomic mass is 16.2. The molecule has 176 valence electrons. The summed E-state index contributed by atoms with van der Waals surface area (Å²) in [5.41, 5.74) is 3.95. The van der Waals surface area contributed by atoms with Gasteiger partial charge in [0.05, 0.1) is 11.3 Å². The third kappa shape index (κ3) is 4.94. The van der Waals surface area contributed by atoms with Crippen LogP contribution in [0.2, 0.25) is 0 Å². The molecular formula is C25H33N5O3. The Balaban J connectivity index is 1.30. The molecule has 1 N–H and O–H groups in total. The monoisotopic (exact) mass is 451 g/mol. The molecule has 2 aromatic rings. The maximum Gasteiger partial charge on any atom is 0.257 e. The Morgan fingerprint density at radius 1 is 1.15 bits per heavy atom. The molecule has 0 unspecified atom stereocenters. The number of benzene rings is 1. The first-order chi connectivity index (χ1) is 15.9. The van der Waals surface area contributed by atoms with E-state index in [2.05, 4.69) is 10.4 Å². The summed E-state index contributed by atoms with van der Waals surface area (Å²) in [5, 5.41) is 7.45. The fraction of sp³-hybridized carbons (Fsp3) is 0.520. The highest BCUT2D eigenvalue weighted by Gasteiger charge is 2.28. The van der Waals surface area contributed by atoms with E-state index in [4.69, 9.17) is 0 Å². The minimum Gasteiger partial charge on any atom is -0.339 e. The van der Waals surface area contributed by atoms with Crippen LogP contribution in [0, 0.1) is 19.8 Å². The number of amides is 3. The van der Waals surface area contributed by atoms with Crippen molar-refractivity contribution >= 4 is 29.1 Å². The van der Waals surface area contributed by atoms with E-state index >= 15 is 0 Å². The number of nitrogens with zero attached hydrogens (tertiary/aromatic N) is 4. The SMILES string of the molecule is CCn1nc(C)c(C(=O)N2CCC(CC(=O)Nc3cccc(N4CCCC4=O)c3)CC2)c1C. The molecule has 0 radical (unpaired) electrons. The summed E-state index contributed by atoms with van der Waals surface area (Å²) < 4.78 is 1.87. The molecule has 8 nitrogen and oxygen atoms in total. The molecule has 0 spiro atoms. The van der Waals surface area contributed by atoms with E-state index in [-0.39, 0.29) is 23.6 Å². The molecular weight excluding hydrogens is 418 g/mol. The van der Waals surface area contributed by atoms with Gasteiger partial charge in [-0.05, 0) is 64.2 Å². The third-order valence-electron chi connectivity index (χ3n) is 6.79. The molecule has 2 aliphatic heterocycles. The van der Waals surface area contributed by atoms with Gasteiger partial charge in [0.25, 0.3) is 5.91 Å². The summed E-state index contributed by atoms with van der Waals surface area (Å²) in [4.78, 5) is 41.4. The number of hydrogen-bond acceptors (Lipinski definition) is 4. The van der Waals surface area contributed by atoms with E-state index in [0.717, 1.165) is 49.4 Å². The van der Waals surface area contributed by atoms with Gasteiger partial charge in [-0.15, -0.1) is 0 Å². The zero-order valence-electron chi connectivity index (χ0n) is 19.8. The second kappa shape index (κ2) is 9.77. The molecule has 0 bridgehead atoms. The van der Waals surface area contributed by atoms with Crippen molar-refractivity contribution in [2.24, 2.45) is 5.92 Å². The van der Waals surface area contributed by atoms with Crippen LogP contribution in [0.5, 0.6) is 0 Å². The number of anilines is 2.